The summed E-state index contributed by atoms with van der Waals surface area (Å²) >= 11 is 0. The average Bonchev–Trinajstić information content (AvgIpc) is 2.84. The van der Waals surface area contributed by atoms with Crippen LogP contribution in [0.4, 0.5) is 5.69 Å². The third-order valence-corrected chi connectivity index (χ3v) is 5.18. The number of nitro benzene ring substituents is 1. The van der Waals surface area contributed by atoms with E-state index in [1.54, 1.807) is 24.3 Å². The number of esters is 2. The van der Waals surface area contributed by atoms with Gasteiger partial charge < -0.3 is 14.8 Å². The Morgan fingerprint density at radius 1 is 1.03 bits per heavy atom. The molecule has 0 radical (unpaired) electrons. The molecule has 0 bridgehead atoms. The summed E-state index contributed by atoms with van der Waals surface area (Å²) in [4.78, 5) is 52.6. The highest BCUT2D eigenvalue weighted by Gasteiger charge is 2.34. The first kappa shape index (κ1) is 23.3. The number of non-ortho nitro benzene ring substituents is 1. The topological polar surface area (TPSA) is 138 Å². The van der Waals surface area contributed by atoms with Crippen molar-refractivity contribution in [3.8, 4) is 0 Å². The van der Waals surface area contributed by atoms with Crippen LogP contribution in [0.1, 0.15) is 28.3 Å². The number of methoxy groups -OCH3 is 2. The maximum atomic E-state index is 13.2. The van der Waals surface area contributed by atoms with Crippen molar-refractivity contribution >= 4 is 34.4 Å². The van der Waals surface area contributed by atoms with Crippen LogP contribution in [0.15, 0.2) is 60.8 Å². The predicted octanol–water partition coefficient (Wildman–Crippen LogP) is 2.76. The number of pyridine rings is 1. The maximum absolute atomic E-state index is 13.2. The van der Waals surface area contributed by atoms with Gasteiger partial charge in [-0.1, -0.05) is 30.3 Å². The molecule has 3 aromatic rings. The molecule has 33 heavy (non-hydrogen) atoms. The van der Waals surface area contributed by atoms with Gasteiger partial charge in [-0.25, -0.2) is 4.79 Å². The monoisotopic (exact) mass is 451 g/mol. The highest BCUT2D eigenvalue weighted by molar-refractivity contribution is 6.07. The lowest BCUT2D eigenvalue weighted by Crippen LogP contribution is -2.46. The molecule has 2 aromatic carbocycles. The number of benzene rings is 2. The van der Waals surface area contributed by atoms with Gasteiger partial charge in [0.25, 0.3) is 11.6 Å². The fourth-order valence-corrected chi connectivity index (χ4v) is 3.50. The molecular weight excluding hydrogens is 430 g/mol. The Balaban J connectivity index is 2.00. The number of aromatic nitrogens is 1. The lowest BCUT2D eigenvalue weighted by Gasteiger charge is -2.26. The van der Waals surface area contributed by atoms with Gasteiger partial charge in [-0.15, -0.1) is 0 Å². The van der Waals surface area contributed by atoms with E-state index in [1.807, 2.05) is 0 Å². The zero-order chi connectivity index (χ0) is 24.0. The fraction of sp³-hybridized carbons (Fsp3) is 0.217. The Morgan fingerprint density at radius 2 is 1.73 bits per heavy atom. The van der Waals surface area contributed by atoms with Gasteiger partial charge in [0.2, 0.25) is 0 Å². The molecule has 0 unspecified atom stereocenters. The molecule has 170 valence electrons. The quantitative estimate of drug-likeness (QED) is 0.313. The van der Waals surface area contributed by atoms with Crippen LogP contribution >= 0.6 is 0 Å². The molecule has 1 N–H and O–H groups in total. The molecular formula is C23H21N3O7. The lowest BCUT2D eigenvalue weighted by atomic mass is 9.88. The summed E-state index contributed by atoms with van der Waals surface area (Å²) in [6.45, 7) is 0. The predicted molar refractivity (Wildman–Crippen MR) is 117 cm³/mol. The number of nitro groups is 1. The smallest absolute Gasteiger partial charge is 0.329 e. The Hall–Kier alpha value is -4.34. The molecule has 1 amide bonds. The number of carbonyl (C=O) groups is 3. The molecule has 0 saturated heterocycles. The van der Waals surface area contributed by atoms with Crippen molar-refractivity contribution in [2.24, 2.45) is 0 Å². The second kappa shape index (κ2) is 10.3. The van der Waals surface area contributed by atoms with E-state index in [2.05, 4.69) is 10.3 Å². The summed E-state index contributed by atoms with van der Waals surface area (Å²) in [6, 6.07) is 12.6. The van der Waals surface area contributed by atoms with Crippen LogP contribution in [-0.2, 0) is 19.1 Å². The number of hydrogen-bond donors (Lipinski definition) is 1. The third kappa shape index (κ3) is 5.29. The van der Waals surface area contributed by atoms with E-state index in [0.717, 1.165) is 7.11 Å². The van der Waals surface area contributed by atoms with Crippen molar-refractivity contribution in [3.63, 3.8) is 0 Å². The Morgan fingerprint density at radius 3 is 2.36 bits per heavy atom. The van der Waals surface area contributed by atoms with Crippen molar-refractivity contribution in [2.45, 2.75) is 18.4 Å². The largest absolute Gasteiger partial charge is 0.469 e. The summed E-state index contributed by atoms with van der Waals surface area (Å²) < 4.78 is 9.64. The zero-order valence-corrected chi connectivity index (χ0v) is 17.9. The van der Waals surface area contributed by atoms with Crippen molar-refractivity contribution in [1.82, 2.24) is 10.3 Å². The fourth-order valence-electron chi connectivity index (χ4n) is 3.50. The molecule has 0 aliphatic heterocycles. The molecule has 1 heterocycles. The highest BCUT2D eigenvalue weighted by Crippen LogP contribution is 2.28. The SMILES string of the molecule is COC(=O)C[C@@H](c1ccc([N+](=O)[O-])cc1)[C@@H](NC(=O)c1ccnc2ccccc12)C(=O)OC. The molecule has 0 spiro atoms. The summed E-state index contributed by atoms with van der Waals surface area (Å²) in [5, 5.41) is 14.2. The zero-order valence-electron chi connectivity index (χ0n) is 17.9. The first-order valence-electron chi connectivity index (χ1n) is 9.89. The van der Waals surface area contributed by atoms with Gasteiger partial charge in [0.15, 0.2) is 0 Å². The van der Waals surface area contributed by atoms with E-state index >= 15 is 0 Å². The van der Waals surface area contributed by atoms with Crippen LogP contribution in [0, 0.1) is 10.1 Å². The van der Waals surface area contributed by atoms with E-state index < -0.39 is 34.7 Å². The first-order chi connectivity index (χ1) is 15.8. The number of para-hydroxylation sites is 1. The van der Waals surface area contributed by atoms with Crippen LogP contribution in [0.25, 0.3) is 10.9 Å². The van der Waals surface area contributed by atoms with Gasteiger partial charge in [0.1, 0.15) is 6.04 Å². The average molecular weight is 451 g/mol. The second-order valence-electron chi connectivity index (χ2n) is 7.09. The van der Waals surface area contributed by atoms with Gasteiger partial charge >= 0.3 is 11.9 Å². The van der Waals surface area contributed by atoms with Gasteiger partial charge in [-0.3, -0.25) is 24.7 Å². The van der Waals surface area contributed by atoms with Crippen molar-refractivity contribution in [3.05, 3.63) is 82.0 Å². The molecule has 0 saturated carbocycles. The maximum Gasteiger partial charge on any atom is 0.329 e. The normalized spacial score (nSPS) is 12.4. The van der Waals surface area contributed by atoms with Gasteiger partial charge in [-0.05, 0) is 17.7 Å². The van der Waals surface area contributed by atoms with Crippen LogP contribution in [0.3, 0.4) is 0 Å². The molecule has 0 fully saturated rings. The standard InChI is InChI=1S/C23H21N3O7/c1-32-20(27)13-18(14-7-9-15(10-8-14)26(30)31)21(23(29)33-2)25-22(28)17-11-12-24-19-6-4-3-5-16(17)19/h3-12,18,21H,13H2,1-2H3,(H,25,28)/t18-,21+/m0/s1. The van der Waals surface area contributed by atoms with Crippen LogP contribution in [0.5, 0.6) is 0 Å². The molecule has 10 heteroatoms. The van der Waals surface area contributed by atoms with Crippen molar-refractivity contribution in [1.29, 1.82) is 0 Å². The van der Waals surface area contributed by atoms with Gasteiger partial charge in [0.05, 0.1) is 36.6 Å². The Labute approximate surface area is 188 Å². The summed E-state index contributed by atoms with van der Waals surface area (Å²) in [7, 11) is 2.36. The summed E-state index contributed by atoms with van der Waals surface area (Å²) in [5.74, 6) is -2.88. The summed E-state index contributed by atoms with van der Waals surface area (Å²) in [5.41, 5.74) is 1.15. The molecule has 1 aromatic heterocycles. The van der Waals surface area contributed by atoms with Gasteiger partial charge in [-0.2, -0.15) is 0 Å². The number of hydrogen-bond acceptors (Lipinski definition) is 8. The Bertz CT molecular complexity index is 1190. The number of carbonyl (C=O) groups excluding carboxylic acids is 3. The molecule has 3 rings (SSSR count). The minimum Gasteiger partial charge on any atom is -0.469 e. The molecule has 0 aliphatic rings. The molecule has 2 atom stereocenters. The van der Waals surface area contributed by atoms with Gasteiger partial charge in [0, 0.05) is 29.6 Å². The first-order valence-corrected chi connectivity index (χ1v) is 9.89. The summed E-state index contributed by atoms with van der Waals surface area (Å²) in [6.07, 6.45) is 1.21. The van der Waals surface area contributed by atoms with E-state index in [9.17, 15) is 24.5 Å². The molecule has 0 aliphatic carbocycles. The van der Waals surface area contributed by atoms with Crippen LogP contribution in [-0.4, -0.2) is 48.0 Å². The lowest BCUT2D eigenvalue weighted by molar-refractivity contribution is -0.384. The number of nitrogens with zero attached hydrogens (tertiary/aromatic N) is 2. The minimum atomic E-state index is -1.27. The Kier molecular flexibility index (Phi) is 7.29. The van der Waals surface area contributed by atoms with Crippen molar-refractivity contribution in [2.75, 3.05) is 14.2 Å². The minimum absolute atomic E-state index is 0.155. The van der Waals surface area contributed by atoms with E-state index in [1.165, 1.54) is 43.6 Å². The third-order valence-electron chi connectivity index (χ3n) is 5.18. The number of amides is 1. The van der Waals surface area contributed by atoms with Crippen molar-refractivity contribution < 1.29 is 28.8 Å². The van der Waals surface area contributed by atoms with E-state index in [4.69, 9.17) is 9.47 Å². The number of nitrogens with one attached hydrogen (secondary N) is 1. The number of ether oxygens (including phenoxy) is 2. The number of fused-ring (bicyclic) bond motifs is 1. The van der Waals surface area contributed by atoms with Crippen LogP contribution < -0.4 is 5.32 Å². The second-order valence-corrected chi connectivity index (χ2v) is 7.09. The number of rotatable bonds is 8. The molecule has 10 nitrogen and oxygen atoms in total. The van der Waals surface area contributed by atoms with E-state index in [0.29, 0.717) is 16.5 Å². The van der Waals surface area contributed by atoms with Crippen LogP contribution in [0.2, 0.25) is 0 Å². The van der Waals surface area contributed by atoms with E-state index in [-0.39, 0.29) is 17.7 Å². The highest BCUT2D eigenvalue weighted by atomic mass is 16.6.